The van der Waals surface area contributed by atoms with E-state index >= 15 is 0 Å². The third kappa shape index (κ3) is 2.71. The average Bonchev–Trinajstić information content (AvgIpc) is 2.04. The molecular weight excluding hydrogens is 184 g/mol. The summed E-state index contributed by atoms with van der Waals surface area (Å²) in [7, 11) is 0. The minimum atomic E-state index is -1.23. The number of benzene rings is 1. The largest absolute Gasteiger partial charge is 0.478 e. The summed E-state index contributed by atoms with van der Waals surface area (Å²) in [6.45, 7) is 0. The van der Waals surface area contributed by atoms with Crippen molar-refractivity contribution < 1.29 is 19.8 Å². The van der Waals surface area contributed by atoms with Crippen LogP contribution in [0.1, 0.15) is 20.7 Å². The summed E-state index contributed by atoms with van der Waals surface area (Å²) < 4.78 is 0. The minimum Gasteiger partial charge on any atom is -0.478 e. The molecule has 0 spiro atoms. The van der Waals surface area contributed by atoms with E-state index in [0.717, 1.165) is 0 Å². The number of hydrogen-bond donors (Lipinski definition) is 2. The smallest absolute Gasteiger partial charge is 0.336 e. The van der Waals surface area contributed by atoms with Crippen LogP contribution in [0.15, 0.2) is 24.3 Å². The predicted octanol–water partition coefficient (Wildman–Crippen LogP) is 0.702. The Labute approximate surface area is 90.3 Å². The van der Waals surface area contributed by atoms with Crippen molar-refractivity contribution in [3.05, 3.63) is 35.4 Å². The van der Waals surface area contributed by atoms with E-state index in [4.69, 9.17) is 10.2 Å². The average molecular weight is 190 g/mol. The summed E-state index contributed by atoms with van der Waals surface area (Å²) >= 11 is 0. The van der Waals surface area contributed by atoms with Crippen molar-refractivity contribution in [1.82, 2.24) is 0 Å². The van der Waals surface area contributed by atoms with E-state index in [9.17, 15) is 9.59 Å². The van der Waals surface area contributed by atoms with E-state index in [1.165, 1.54) is 24.3 Å². The van der Waals surface area contributed by atoms with E-state index in [-0.39, 0.29) is 34.2 Å². The van der Waals surface area contributed by atoms with Crippen molar-refractivity contribution in [3.8, 4) is 0 Å². The fourth-order valence-electron chi connectivity index (χ4n) is 0.856. The Balaban J connectivity index is 0.00000144. The van der Waals surface area contributed by atoms with E-state index in [2.05, 4.69) is 0 Å². The Hall–Kier alpha value is -1.07. The monoisotopic (exact) mass is 190 g/mol. The van der Waals surface area contributed by atoms with Crippen LogP contribution in [0.3, 0.4) is 0 Å². The van der Waals surface area contributed by atoms with Crippen LogP contribution in [0.4, 0.5) is 0 Å². The molecule has 64 valence electrons. The molecule has 0 aliphatic rings. The molecule has 1 aromatic rings. The maximum atomic E-state index is 10.5. The van der Waals surface area contributed by atoms with Gasteiger partial charge in [-0.25, -0.2) is 9.59 Å². The summed E-state index contributed by atoms with van der Waals surface area (Å²) in [6.07, 6.45) is 0. The Morgan fingerprint density at radius 3 is 1.46 bits per heavy atom. The lowest BCUT2D eigenvalue weighted by molar-refractivity contribution is 0.0651. The number of carboxylic acid groups (broad SMARTS) is 2. The van der Waals surface area contributed by atoms with Crippen molar-refractivity contribution in [2.45, 2.75) is 0 Å². The van der Waals surface area contributed by atoms with Gasteiger partial charge in [-0.1, -0.05) is 12.1 Å². The lowest BCUT2D eigenvalue weighted by Gasteiger charge is -1.98. The molecule has 0 heterocycles. The molecule has 1 aromatic carbocycles. The van der Waals surface area contributed by atoms with Crippen molar-refractivity contribution >= 4 is 35.0 Å². The maximum Gasteiger partial charge on any atom is 0.336 e. The molecule has 0 bridgehead atoms. The second-order valence-electron chi connectivity index (χ2n) is 2.16. The number of carboxylic acids is 2. The molecule has 0 aliphatic carbocycles. The Kier molecular flexibility index (Phi) is 4.43. The molecule has 2 radical (unpaired) electrons. The number of hydrogen-bond acceptors (Lipinski definition) is 2. The SMILES string of the molecule is O=C(O)c1ccccc1C(=O)O.[Mg]. The molecular formula is C8H6MgO4. The second kappa shape index (κ2) is 4.83. The third-order valence-corrected chi connectivity index (χ3v) is 1.39. The van der Waals surface area contributed by atoms with Gasteiger partial charge in [-0.15, -0.1) is 0 Å². The molecule has 0 aromatic heterocycles. The molecule has 4 nitrogen and oxygen atoms in total. The first-order valence-electron chi connectivity index (χ1n) is 3.18. The van der Waals surface area contributed by atoms with Gasteiger partial charge in [0, 0.05) is 23.1 Å². The molecule has 1 rings (SSSR count). The van der Waals surface area contributed by atoms with Crippen LogP contribution in [0.25, 0.3) is 0 Å². The van der Waals surface area contributed by atoms with Gasteiger partial charge in [0.25, 0.3) is 0 Å². The maximum absolute atomic E-state index is 10.5. The summed E-state index contributed by atoms with van der Waals surface area (Å²) in [6, 6.07) is 5.48. The molecule has 0 fully saturated rings. The number of aromatic carboxylic acids is 2. The highest BCUT2D eigenvalue weighted by atomic mass is 24.3. The minimum absolute atomic E-state index is 0. The highest BCUT2D eigenvalue weighted by Gasteiger charge is 2.13. The predicted molar refractivity (Wildman–Crippen MR) is 46.1 cm³/mol. The highest BCUT2D eigenvalue weighted by molar-refractivity contribution is 6.01. The quantitative estimate of drug-likeness (QED) is 0.673. The van der Waals surface area contributed by atoms with E-state index in [1.54, 1.807) is 0 Å². The van der Waals surface area contributed by atoms with Gasteiger partial charge in [-0.2, -0.15) is 0 Å². The normalized spacial score (nSPS) is 8.62. The second-order valence-corrected chi connectivity index (χ2v) is 2.16. The van der Waals surface area contributed by atoms with Crippen molar-refractivity contribution in [2.75, 3.05) is 0 Å². The van der Waals surface area contributed by atoms with Gasteiger partial charge < -0.3 is 10.2 Å². The van der Waals surface area contributed by atoms with Crippen LogP contribution in [0, 0.1) is 0 Å². The molecule has 0 aliphatic heterocycles. The van der Waals surface area contributed by atoms with Crippen LogP contribution in [0.5, 0.6) is 0 Å². The zero-order valence-corrected chi connectivity index (χ0v) is 8.14. The molecule has 0 amide bonds. The van der Waals surface area contributed by atoms with Gasteiger partial charge >= 0.3 is 11.9 Å². The van der Waals surface area contributed by atoms with Gasteiger partial charge in [0.15, 0.2) is 0 Å². The molecule has 0 saturated heterocycles. The summed E-state index contributed by atoms with van der Waals surface area (Å²) in [5, 5.41) is 17.1. The fraction of sp³-hybridized carbons (Fsp3) is 0. The zero-order valence-electron chi connectivity index (χ0n) is 6.73. The summed E-state index contributed by atoms with van der Waals surface area (Å²) in [5.41, 5.74) is -0.380. The topological polar surface area (TPSA) is 74.6 Å². The van der Waals surface area contributed by atoms with Gasteiger partial charge in [-0.3, -0.25) is 0 Å². The Morgan fingerprint density at radius 2 is 1.23 bits per heavy atom. The van der Waals surface area contributed by atoms with Crippen molar-refractivity contribution in [3.63, 3.8) is 0 Å². The van der Waals surface area contributed by atoms with Gasteiger partial charge in [0.2, 0.25) is 0 Å². The molecule has 2 N–H and O–H groups in total. The van der Waals surface area contributed by atoms with Crippen LogP contribution >= 0.6 is 0 Å². The van der Waals surface area contributed by atoms with Gasteiger partial charge in [0.05, 0.1) is 11.1 Å². The van der Waals surface area contributed by atoms with Crippen LogP contribution in [0.2, 0.25) is 0 Å². The molecule has 0 saturated carbocycles. The van der Waals surface area contributed by atoms with Gasteiger partial charge in [0.1, 0.15) is 0 Å². The first kappa shape index (κ1) is 11.9. The first-order valence-corrected chi connectivity index (χ1v) is 3.18. The van der Waals surface area contributed by atoms with Gasteiger partial charge in [-0.05, 0) is 12.1 Å². The Bertz CT molecular complexity index is 302. The lowest BCUT2D eigenvalue weighted by atomic mass is 10.1. The van der Waals surface area contributed by atoms with E-state index in [0.29, 0.717) is 0 Å². The van der Waals surface area contributed by atoms with Crippen LogP contribution in [-0.2, 0) is 0 Å². The third-order valence-electron chi connectivity index (χ3n) is 1.39. The highest BCUT2D eigenvalue weighted by Crippen LogP contribution is 2.07. The van der Waals surface area contributed by atoms with E-state index < -0.39 is 11.9 Å². The summed E-state index contributed by atoms with van der Waals surface area (Å²) in [5.74, 6) is -2.46. The van der Waals surface area contributed by atoms with Crippen LogP contribution in [-0.4, -0.2) is 45.2 Å². The van der Waals surface area contributed by atoms with E-state index in [1.807, 2.05) is 0 Å². The molecule has 13 heavy (non-hydrogen) atoms. The number of rotatable bonds is 2. The molecule has 0 atom stereocenters. The van der Waals surface area contributed by atoms with Crippen molar-refractivity contribution in [2.24, 2.45) is 0 Å². The zero-order chi connectivity index (χ0) is 9.14. The standard InChI is InChI=1S/C8H6O4.Mg/c9-7(10)5-3-1-2-4-6(5)8(11)12;/h1-4H,(H,9,10)(H,11,12);. The first-order chi connectivity index (χ1) is 5.63. The molecule has 5 heteroatoms. The van der Waals surface area contributed by atoms with Crippen molar-refractivity contribution in [1.29, 1.82) is 0 Å². The lowest BCUT2D eigenvalue weighted by Crippen LogP contribution is -2.06. The number of carbonyl (C=O) groups is 2. The Morgan fingerprint density at radius 1 is 0.923 bits per heavy atom. The van der Waals surface area contributed by atoms with Crippen LogP contribution < -0.4 is 0 Å². The fourth-order valence-corrected chi connectivity index (χ4v) is 0.856. The summed E-state index contributed by atoms with van der Waals surface area (Å²) in [4.78, 5) is 20.9. The molecule has 0 unspecified atom stereocenters.